The van der Waals surface area contributed by atoms with Gasteiger partial charge >= 0.3 is 0 Å². The Morgan fingerprint density at radius 2 is 1.80 bits per heavy atom. The first-order chi connectivity index (χ1) is 12.0. The van der Waals surface area contributed by atoms with Gasteiger partial charge in [-0.25, -0.2) is 13.1 Å². The van der Waals surface area contributed by atoms with Crippen molar-refractivity contribution in [2.24, 2.45) is 5.92 Å². The topological polar surface area (TPSA) is 87.3 Å². The van der Waals surface area contributed by atoms with Crippen LogP contribution in [0.3, 0.4) is 0 Å². The van der Waals surface area contributed by atoms with E-state index in [0.717, 1.165) is 19.3 Å². The van der Waals surface area contributed by atoms with Crippen LogP contribution >= 0.6 is 0 Å². The van der Waals surface area contributed by atoms with Crippen LogP contribution in [0, 0.1) is 5.92 Å². The highest BCUT2D eigenvalue weighted by atomic mass is 32.2. The number of amides is 1. The molecule has 3 rings (SSSR count). The average molecular weight is 365 g/mol. The van der Waals surface area contributed by atoms with E-state index in [2.05, 4.69) is 15.4 Å². The van der Waals surface area contributed by atoms with Gasteiger partial charge in [0.05, 0.1) is 4.90 Å². The highest BCUT2D eigenvalue weighted by Crippen LogP contribution is 2.32. The van der Waals surface area contributed by atoms with E-state index in [1.807, 2.05) is 6.92 Å². The molecule has 6 nitrogen and oxygen atoms in total. The van der Waals surface area contributed by atoms with E-state index in [9.17, 15) is 13.2 Å². The second-order valence-electron chi connectivity index (χ2n) is 7.15. The van der Waals surface area contributed by atoms with Crippen LogP contribution in [-0.2, 0) is 14.8 Å². The Bertz CT molecular complexity index is 691. The van der Waals surface area contributed by atoms with Gasteiger partial charge in [-0.2, -0.15) is 0 Å². The van der Waals surface area contributed by atoms with Crippen LogP contribution in [0.5, 0.6) is 0 Å². The van der Waals surface area contributed by atoms with E-state index in [1.54, 1.807) is 12.1 Å². The van der Waals surface area contributed by atoms with Crippen molar-refractivity contribution >= 4 is 21.6 Å². The van der Waals surface area contributed by atoms with Crippen LogP contribution in [0.15, 0.2) is 29.2 Å². The number of hydrogen-bond donors (Lipinski definition) is 3. The fourth-order valence-electron chi connectivity index (χ4n) is 3.85. The molecule has 3 N–H and O–H groups in total. The molecule has 1 amide bonds. The molecule has 25 heavy (non-hydrogen) atoms. The van der Waals surface area contributed by atoms with E-state index in [4.69, 9.17) is 0 Å². The number of hydrogen-bond acceptors (Lipinski definition) is 4. The summed E-state index contributed by atoms with van der Waals surface area (Å²) in [6.45, 7) is 2.33. The summed E-state index contributed by atoms with van der Waals surface area (Å²) in [4.78, 5) is 12.5. The molecule has 1 aromatic rings. The number of carbonyl (C=O) groups excluding carboxylic acids is 1. The summed E-state index contributed by atoms with van der Waals surface area (Å²) in [5.41, 5.74) is 0.636. The average Bonchev–Trinajstić information content (AvgIpc) is 2.92. The lowest BCUT2D eigenvalue weighted by Crippen LogP contribution is -2.39. The van der Waals surface area contributed by atoms with Crippen LogP contribution in [0.2, 0.25) is 0 Å². The van der Waals surface area contributed by atoms with Crippen LogP contribution in [0.25, 0.3) is 0 Å². The van der Waals surface area contributed by atoms with Crippen molar-refractivity contribution in [2.75, 3.05) is 11.9 Å². The summed E-state index contributed by atoms with van der Waals surface area (Å²) in [6.07, 6.45) is 5.88. The predicted molar refractivity (Wildman–Crippen MR) is 97.8 cm³/mol. The molecule has 2 atom stereocenters. The van der Waals surface area contributed by atoms with Gasteiger partial charge in [0.2, 0.25) is 15.9 Å². The van der Waals surface area contributed by atoms with Crippen molar-refractivity contribution in [3.8, 4) is 0 Å². The molecule has 2 aliphatic heterocycles. The van der Waals surface area contributed by atoms with Gasteiger partial charge in [0.1, 0.15) is 0 Å². The normalized spacial score (nSPS) is 25.7. The van der Waals surface area contributed by atoms with Crippen LogP contribution in [0.4, 0.5) is 5.69 Å². The summed E-state index contributed by atoms with van der Waals surface area (Å²) >= 11 is 0. The maximum atomic E-state index is 12.3. The molecule has 0 radical (unpaired) electrons. The maximum Gasteiger partial charge on any atom is 0.240 e. The third-order valence-corrected chi connectivity index (χ3v) is 6.51. The molecular weight excluding hydrogens is 338 g/mol. The van der Waals surface area contributed by atoms with Crippen LogP contribution in [-0.4, -0.2) is 33.0 Å². The lowest BCUT2D eigenvalue weighted by Gasteiger charge is -2.28. The number of sulfonamides is 1. The first-order valence-corrected chi connectivity index (χ1v) is 10.6. The molecule has 2 bridgehead atoms. The van der Waals surface area contributed by atoms with E-state index in [0.29, 0.717) is 36.7 Å². The van der Waals surface area contributed by atoms with Crippen molar-refractivity contribution in [3.05, 3.63) is 24.3 Å². The maximum absolute atomic E-state index is 12.3. The Balaban J connectivity index is 1.53. The zero-order chi connectivity index (χ0) is 17.9. The number of anilines is 1. The van der Waals surface area contributed by atoms with Crippen LogP contribution < -0.4 is 15.4 Å². The molecule has 2 unspecified atom stereocenters. The van der Waals surface area contributed by atoms with Gasteiger partial charge in [-0.1, -0.05) is 6.92 Å². The minimum atomic E-state index is -3.47. The van der Waals surface area contributed by atoms with Gasteiger partial charge in [0.25, 0.3) is 0 Å². The highest BCUT2D eigenvalue weighted by molar-refractivity contribution is 7.89. The number of benzene rings is 1. The molecule has 0 aliphatic carbocycles. The summed E-state index contributed by atoms with van der Waals surface area (Å²) in [5.74, 6) is 0.447. The second-order valence-corrected chi connectivity index (χ2v) is 8.92. The Morgan fingerprint density at radius 3 is 2.40 bits per heavy atom. The van der Waals surface area contributed by atoms with Crippen molar-refractivity contribution < 1.29 is 13.2 Å². The second kappa shape index (κ2) is 7.85. The Kier molecular flexibility index (Phi) is 5.76. The number of piperidine rings is 1. The Morgan fingerprint density at radius 1 is 1.16 bits per heavy atom. The fourth-order valence-corrected chi connectivity index (χ4v) is 4.99. The van der Waals surface area contributed by atoms with Crippen molar-refractivity contribution in [2.45, 2.75) is 62.4 Å². The predicted octanol–water partition coefficient (Wildman–Crippen LogP) is 2.23. The smallest absolute Gasteiger partial charge is 0.240 e. The van der Waals surface area contributed by atoms with Gasteiger partial charge < -0.3 is 10.6 Å². The number of nitrogens with one attached hydrogen (secondary N) is 3. The largest absolute Gasteiger partial charge is 0.326 e. The number of rotatable bonds is 7. The van der Waals surface area contributed by atoms with Gasteiger partial charge in [-0.3, -0.25) is 4.79 Å². The molecule has 2 fully saturated rings. The zero-order valence-electron chi connectivity index (χ0n) is 14.6. The van der Waals surface area contributed by atoms with E-state index in [-0.39, 0.29) is 10.8 Å². The molecule has 0 aromatic heterocycles. The first-order valence-electron chi connectivity index (χ1n) is 9.12. The van der Waals surface area contributed by atoms with E-state index >= 15 is 0 Å². The third kappa shape index (κ3) is 4.80. The number of carbonyl (C=O) groups is 1. The molecular formula is C18H27N3O3S. The lowest BCUT2D eigenvalue weighted by atomic mass is 9.89. The van der Waals surface area contributed by atoms with Gasteiger partial charge in [-0.15, -0.1) is 0 Å². The highest BCUT2D eigenvalue weighted by Gasteiger charge is 2.34. The number of fused-ring (bicyclic) bond motifs is 2. The minimum absolute atomic E-state index is 0.00557. The Labute approximate surface area is 149 Å². The molecule has 2 heterocycles. The van der Waals surface area contributed by atoms with Gasteiger partial charge in [0, 0.05) is 30.7 Å². The van der Waals surface area contributed by atoms with Gasteiger partial charge in [0.15, 0.2) is 0 Å². The third-order valence-electron chi connectivity index (χ3n) is 5.04. The summed E-state index contributed by atoms with van der Waals surface area (Å²) in [6, 6.07) is 7.50. The lowest BCUT2D eigenvalue weighted by molar-refractivity contribution is -0.117. The molecule has 7 heteroatoms. The SMILES string of the molecule is CCCNS(=O)(=O)c1ccc(NC(=O)CC2CC3CCC(C2)N3)cc1. The van der Waals surface area contributed by atoms with Crippen LogP contribution in [0.1, 0.15) is 45.4 Å². The zero-order valence-corrected chi connectivity index (χ0v) is 15.4. The summed E-state index contributed by atoms with van der Waals surface area (Å²) in [5, 5.41) is 6.47. The minimum Gasteiger partial charge on any atom is -0.326 e. The monoisotopic (exact) mass is 365 g/mol. The molecule has 1 aromatic carbocycles. The molecule has 138 valence electrons. The first kappa shape index (κ1) is 18.4. The van der Waals surface area contributed by atoms with Crippen molar-refractivity contribution in [3.63, 3.8) is 0 Å². The molecule has 0 saturated carbocycles. The van der Waals surface area contributed by atoms with E-state index < -0.39 is 10.0 Å². The summed E-state index contributed by atoms with van der Waals surface area (Å²) < 4.78 is 26.6. The molecule has 2 aliphatic rings. The molecule has 0 spiro atoms. The quantitative estimate of drug-likeness (QED) is 0.691. The Hall–Kier alpha value is -1.44. The summed E-state index contributed by atoms with van der Waals surface area (Å²) in [7, 11) is -3.47. The van der Waals surface area contributed by atoms with Gasteiger partial charge in [-0.05, 0) is 62.3 Å². The molecule has 2 saturated heterocycles. The van der Waals surface area contributed by atoms with Crippen molar-refractivity contribution in [1.82, 2.24) is 10.0 Å². The van der Waals surface area contributed by atoms with Crippen molar-refractivity contribution in [1.29, 1.82) is 0 Å². The fraction of sp³-hybridized carbons (Fsp3) is 0.611. The van der Waals surface area contributed by atoms with E-state index in [1.165, 1.54) is 25.0 Å². The standard InChI is InChI=1S/C18H27N3O3S/c1-2-9-19-25(23,24)17-7-5-14(6-8-17)21-18(22)12-13-10-15-3-4-16(11-13)20-15/h5-8,13,15-16,19-20H,2-4,9-12H2,1H3,(H,21,22).